The van der Waals surface area contributed by atoms with Crippen molar-refractivity contribution < 1.29 is 13.2 Å². The van der Waals surface area contributed by atoms with Crippen molar-refractivity contribution in [1.29, 1.82) is 0 Å². The van der Waals surface area contributed by atoms with Gasteiger partial charge in [-0.25, -0.2) is 8.42 Å². The van der Waals surface area contributed by atoms with E-state index in [1.165, 1.54) is 16.4 Å². The van der Waals surface area contributed by atoms with Gasteiger partial charge >= 0.3 is 0 Å². The van der Waals surface area contributed by atoms with E-state index >= 15 is 0 Å². The van der Waals surface area contributed by atoms with Crippen LogP contribution in [0, 0.1) is 0 Å². The molecule has 0 unspecified atom stereocenters. The minimum atomic E-state index is -3.78. The van der Waals surface area contributed by atoms with Gasteiger partial charge in [-0.3, -0.25) is 4.79 Å². The molecule has 1 amide bonds. The van der Waals surface area contributed by atoms with Crippen molar-refractivity contribution in [2.75, 3.05) is 18.4 Å². The number of nitrogens with one attached hydrogen (secondary N) is 1. The second-order valence-electron chi connectivity index (χ2n) is 8.91. The van der Waals surface area contributed by atoms with E-state index in [2.05, 4.69) is 28.9 Å². The van der Waals surface area contributed by atoms with Gasteiger partial charge in [0.1, 0.15) is 4.90 Å². The zero-order valence-corrected chi connectivity index (χ0v) is 21.2. The second kappa shape index (κ2) is 9.64. The highest BCUT2D eigenvalue weighted by Crippen LogP contribution is 2.32. The molecule has 1 aliphatic heterocycles. The average molecular weight is 510 g/mol. The molecule has 6 nitrogen and oxygen atoms in total. The SMILES string of the molecule is CCn1c2ccccc2c2cc(NC(=O)c3ccc(Cl)c(S(=O)(=O)N4CCCCCC4)c3)ccc21. The first-order chi connectivity index (χ1) is 16.9. The molecule has 1 aliphatic rings. The Morgan fingerprint density at radius 1 is 0.914 bits per heavy atom. The number of fused-ring (bicyclic) bond motifs is 3. The highest BCUT2D eigenvalue weighted by molar-refractivity contribution is 7.89. The summed E-state index contributed by atoms with van der Waals surface area (Å²) in [6.45, 7) is 3.90. The number of benzene rings is 3. The van der Waals surface area contributed by atoms with Crippen LogP contribution in [0.5, 0.6) is 0 Å². The van der Waals surface area contributed by atoms with E-state index in [0.29, 0.717) is 18.8 Å². The van der Waals surface area contributed by atoms with Crippen molar-refractivity contribution in [3.63, 3.8) is 0 Å². The third-order valence-electron chi connectivity index (χ3n) is 6.72. The van der Waals surface area contributed by atoms with Crippen LogP contribution in [0.1, 0.15) is 43.0 Å². The maximum Gasteiger partial charge on any atom is 0.255 e. The standard InChI is InChI=1S/C27H28ClN3O3S/c1-2-31-24-10-6-5-9-21(24)22-18-20(12-14-25(22)31)29-27(32)19-11-13-23(28)26(17-19)35(33,34)30-15-7-3-4-8-16-30/h5-6,9-14,17-18H,2-4,7-8,15-16H2,1H3,(H,29,32). The summed E-state index contributed by atoms with van der Waals surface area (Å²) in [7, 11) is -3.78. The lowest BCUT2D eigenvalue weighted by Gasteiger charge is -2.21. The molecule has 182 valence electrons. The highest BCUT2D eigenvalue weighted by atomic mass is 35.5. The van der Waals surface area contributed by atoms with Gasteiger partial charge in [0.25, 0.3) is 5.91 Å². The Morgan fingerprint density at radius 3 is 2.37 bits per heavy atom. The summed E-state index contributed by atoms with van der Waals surface area (Å²) in [5.74, 6) is -0.382. The Balaban J connectivity index is 1.46. The zero-order valence-electron chi connectivity index (χ0n) is 19.6. The van der Waals surface area contributed by atoms with Gasteiger partial charge in [0.2, 0.25) is 10.0 Å². The fourth-order valence-corrected chi connectivity index (χ4v) is 6.96. The van der Waals surface area contributed by atoms with Gasteiger partial charge < -0.3 is 9.88 Å². The first kappa shape index (κ1) is 23.9. The Kier molecular flexibility index (Phi) is 6.57. The van der Waals surface area contributed by atoms with Gasteiger partial charge in [0.05, 0.1) is 5.02 Å². The predicted octanol–water partition coefficient (Wildman–Crippen LogP) is 6.28. The molecule has 1 aromatic heterocycles. The van der Waals surface area contributed by atoms with Crippen LogP contribution in [0.3, 0.4) is 0 Å². The Hall–Kier alpha value is -2.87. The number of anilines is 1. The molecule has 2 heterocycles. The van der Waals surface area contributed by atoms with Crippen LogP contribution in [-0.2, 0) is 16.6 Å². The molecular weight excluding hydrogens is 482 g/mol. The predicted molar refractivity (Wildman–Crippen MR) is 142 cm³/mol. The number of rotatable bonds is 5. The van der Waals surface area contributed by atoms with Crippen LogP contribution >= 0.6 is 11.6 Å². The molecule has 3 aromatic carbocycles. The van der Waals surface area contributed by atoms with Crippen molar-refractivity contribution in [3.8, 4) is 0 Å². The topological polar surface area (TPSA) is 71.4 Å². The van der Waals surface area contributed by atoms with Gasteiger partial charge in [-0.15, -0.1) is 0 Å². The van der Waals surface area contributed by atoms with E-state index in [1.54, 1.807) is 6.07 Å². The number of hydrogen-bond donors (Lipinski definition) is 1. The minimum Gasteiger partial charge on any atom is -0.341 e. The molecular formula is C27H28ClN3O3S. The summed E-state index contributed by atoms with van der Waals surface area (Å²) in [6, 6.07) is 18.5. The molecule has 4 aromatic rings. The average Bonchev–Trinajstić information content (AvgIpc) is 2.99. The summed E-state index contributed by atoms with van der Waals surface area (Å²) in [4.78, 5) is 13.1. The monoisotopic (exact) mass is 509 g/mol. The van der Waals surface area contributed by atoms with Gasteiger partial charge in [-0.2, -0.15) is 4.31 Å². The molecule has 8 heteroatoms. The quantitative estimate of drug-likeness (QED) is 0.344. The first-order valence-electron chi connectivity index (χ1n) is 12.0. The Bertz CT molecular complexity index is 1520. The second-order valence-corrected chi connectivity index (χ2v) is 11.2. The number of carbonyl (C=O) groups is 1. The van der Waals surface area contributed by atoms with Gasteiger partial charge in [-0.1, -0.05) is 42.6 Å². The van der Waals surface area contributed by atoms with Gasteiger partial charge in [0.15, 0.2) is 0 Å². The lowest BCUT2D eigenvalue weighted by Crippen LogP contribution is -2.32. The third kappa shape index (κ3) is 4.44. The number of para-hydroxylation sites is 1. The fraction of sp³-hybridized carbons (Fsp3) is 0.296. The fourth-order valence-electron chi connectivity index (χ4n) is 4.94. The molecule has 0 radical (unpaired) electrons. The molecule has 0 spiro atoms. The Morgan fingerprint density at radius 2 is 1.63 bits per heavy atom. The van der Waals surface area contributed by atoms with Crippen LogP contribution in [0.4, 0.5) is 5.69 Å². The lowest BCUT2D eigenvalue weighted by molar-refractivity contribution is 0.102. The molecule has 0 saturated carbocycles. The zero-order chi connectivity index (χ0) is 24.6. The number of aromatic nitrogens is 1. The molecule has 1 N–H and O–H groups in total. The molecule has 5 rings (SSSR count). The Labute approximate surface area is 210 Å². The molecule has 0 bridgehead atoms. The molecule has 0 atom stereocenters. The molecule has 0 aliphatic carbocycles. The van der Waals surface area contributed by atoms with Crippen molar-refractivity contribution in [3.05, 3.63) is 71.2 Å². The summed E-state index contributed by atoms with van der Waals surface area (Å²) < 4.78 is 30.3. The van der Waals surface area contributed by atoms with Crippen molar-refractivity contribution in [2.24, 2.45) is 0 Å². The summed E-state index contributed by atoms with van der Waals surface area (Å²) >= 11 is 6.30. The number of hydrogen-bond acceptors (Lipinski definition) is 3. The summed E-state index contributed by atoms with van der Waals surface area (Å²) in [5.41, 5.74) is 3.14. The van der Waals surface area contributed by atoms with Crippen molar-refractivity contribution in [2.45, 2.75) is 44.0 Å². The van der Waals surface area contributed by atoms with Crippen LogP contribution in [0.15, 0.2) is 65.6 Å². The number of carbonyl (C=O) groups excluding carboxylic acids is 1. The minimum absolute atomic E-state index is 0.0183. The van der Waals surface area contributed by atoms with E-state index < -0.39 is 10.0 Å². The van der Waals surface area contributed by atoms with Crippen molar-refractivity contribution in [1.82, 2.24) is 8.87 Å². The van der Waals surface area contributed by atoms with E-state index in [-0.39, 0.29) is 21.4 Å². The van der Waals surface area contributed by atoms with Gasteiger partial charge in [-0.05, 0) is 62.2 Å². The largest absolute Gasteiger partial charge is 0.341 e. The molecule has 35 heavy (non-hydrogen) atoms. The maximum absolute atomic E-state index is 13.3. The van der Waals surface area contributed by atoms with E-state index in [9.17, 15) is 13.2 Å². The maximum atomic E-state index is 13.3. The first-order valence-corrected chi connectivity index (χ1v) is 13.8. The number of aryl methyl sites for hydroxylation is 1. The smallest absolute Gasteiger partial charge is 0.255 e. The van der Waals surface area contributed by atoms with E-state index in [1.807, 2.05) is 30.3 Å². The number of sulfonamides is 1. The van der Waals surface area contributed by atoms with Crippen LogP contribution in [0.25, 0.3) is 21.8 Å². The highest BCUT2D eigenvalue weighted by Gasteiger charge is 2.28. The lowest BCUT2D eigenvalue weighted by atomic mass is 10.1. The van der Waals surface area contributed by atoms with Crippen LogP contribution < -0.4 is 5.32 Å². The molecule has 1 saturated heterocycles. The van der Waals surface area contributed by atoms with Crippen LogP contribution in [0.2, 0.25) is 5.02 Å². The number of amides is 1. The summed E-state index contributed by atoms with van der Waals surface area (Å²) in [6.07, 6.45) is 3.69. The summed E-state index contributed by atoms with van der Waals surface area (Å²) in [5, 5.41) is 5.23. The van der Waals surface area contributed by atoms with Crippen LogP contribution in [-0.4, -0.2) is 36.3 Å². The van der Waals surface area contributed by atoms with Crippen molar-refractivity contribution >= 4 is 55.0 Å². The normalized spacial score (nSPS) is 15.4. The number of nitrogens with zero attached hydrogens (tertiary/aromatic N) is 2. The van der Waals surface area contributed by atoms with E-state index in [0.717, 1.165) is 54.0 Å². The number of halogens is 1. The van der Waals surface area contributed by atoms with E-state index in [4.69, 9.17) is 11.6 Å². The third-order valence-corrected chi connectivity index (χ3v) is 9.10. The van der Waals surface area contributed by atoms with Gasteiger partial charge in [0, 0.05) is 52.7 Å². The molecule has 1 fully saturated rings.